The highest BCUT2D eigenvalue weighted by Gasteiger charge is 2.14. The van der Waals surface area contributed by atoms with E-state index < -0.39 is 0 Å². The lowest BCUT2D eigenvalue weighted by Gasteiger charge is -2.04. The number of H-pyrrole nitrogens is 1. The van der Waals surface area contributed by atoms with Gasteiger partial charge in [-0.05, 0) is 36.8 Å². The molecule has 0 aliphatic heterocycles. The highest BCUT2D eigenvalue weighted by Crippen LogP contribution is 2.37. The second kappa shape index (κ2) is 9.01. The number of para-hydroxylation sites is 3. The minimum atomic E-state index is 0.768. The maximum atomic E-state index is 5.89. The van der Waals surface area contributed by atoms with Crippen LogP contribution in [-0.2, 0) is 12.8 Å². The molecule has 0 amide bonds. The second-order valence-electron chi connectivity index (χ2n) is 6.47. The minimum Gasteiger partial charge on any atom is -0.441 e. The van der Waals surface area contributed by atoms with Gasteiger partial charge in [-0.25, -0.2) is 4.98 Å². The number of oxazole rings is 1. The van der Waals surface area contributed by atoms with Crippen LogP contribution in [0.15, 0.2) is 93.1 Å². The Labute approximate surface area is 175 Å². The summed E-state index contributed by atoms with van der Waals surface area (Å²) in [5, 5.41) is 1.26. The summed E-state index contributed by atoms with van der Waals surface area (Å²) in [6.07, 6.45) is 1.63. The van der Waals surface area contributed by atoms with Crippen molar-refractivity contribution < 1.29 is 4.42 Å². The van der Waals surface area contributed by atoms with Gasteiger partial charge in [0.2, 0.25) is 0 Å². The lowest BCUT2D eigenvalue weighted by Crippen LogP contribution is -1.93. The molecule has 2 aromatic heterocycles. The highest BCUT2D eigenvalue weighted by atomic mass is 32.2. The topological polar surface area (TPSA) is 41.8 Å². The summed E-state index contributed by atoms with van der Waals surface area (Å²) >= 11 is 1.81. The Morgan fingerprint density at radius 2 is 1.55 bits per heavy atom. The van der Waals surface area contributed by atoms with Crippen LogP contribution in [0.25, 0.3) is 22.0 Å². The van der Waals surface area contributed by atoms with Crippen molar-refractivity contribution >= 4 is 33.8 Å². The minimum absolute atomic E-state index is 0.768. The number of benzene rings is 3. The predicted octanol–water partition coefficient (Wildman–Crippen LogP) is 7.27. The summed E-state index contributed by atoms with van der Waals surface area (Å²) in [6, 6.07) is 26.9. The van der Waals surface area contributed by atoms with E-state index in [-0.39, 0.29) is 0 Å². The third-order valence-corrected chi connectivity index (χ3v) is 5.80. The lowest BCUT2D eigenvalue weighted by atomic mass is 10.2. The third kappa shape index (κ3) is 4.22. The van der Waals surface area contributed by atoms with Crippen LogP contribution in [0.2, 0.25) is 0 Å². The first-order chi connectivity index (χ1) is 14.4. The molecule has 1 N–H and O–H groups in total. The Bertz CT molecular complexity index is 1170. The zero-order valence-electron chi connectivity index (χ0n) is 16.7. The number of aromatic amines is 1. The maximum absolute atomic E-state index is 5.89. The first kappa shape index (κ1) is 19.3. The summed E-state index contributed by atoms with van der Waals surface area (Å²) < 4.78 is 5.89. The molecular formula is C25H24N2OS. The number of rotatable bonds is 5. The standard InChI is InChI=1S/C23H18N2OS.C2H6/c1-2-8-16(9-3-1)27-23-17-10-4-5-11-18(17)24-20(23)14-15-22-25-19-12-6-7-13-21(19)26-22;1-2/h1-13,24H,14-15H2;1-2H3. The molecule has 0 aliphatic carbocycles. The Morgan fingerprint density at radius 1 is 0.828 bits per heavy atom. The van der Waals surface area contributed by atoms with E-state index in [0.717, 1.165) is 29.8 Å². The monoisotopic (exact) mass is 400 g/mol. The van der Waals surface area contributed by atoms with Crippen LogP contribution in [0.5, 0.6) is 0 Å². The van der Waals surface area contributed by atoms with E-state index in [4.69, 9.17) is 4.42 Å². The number of aryl methyl sites for hydroxylation is 2. The Hall–Kier alpha value is -2.98. The van der Waals surface area contributed by atoms with Crippen molar-refractivity contribution in [3.63, 3.8) is 0 Å². The summed E-state index contributed by atoms with van der Waals surface area (Å²) in [5.41, 5.74) is 4.17. The van der Waals surface area contributed by atoms with Crippen LogP contribution >= 0.6 is 11.8 Å². The molecule has 0 unspecified atom stereocenters. The van der Waals surface area contributed by atoms with Gasteiger partial charge in [-0.15, -0.1) is 0 Å². The molecule has 0 aliphatic rings. The summed E-state index contributed by atoms with van der Waals surface area (Å²) in [6.45, 7) is 4.00. The average molecular weight is 401 g/mol. The van der Waals surface area contributed by atoms with Gasteiger partial charge in [0.05, 0.1) is 0 Å². The van der Waals surface area contributed by atoms with Gasteiger partial charge in [0.15, 0.2) is 11.5 Å². The third-order valence-electron chi connectivity index (χ3n) is 4.62. The fourth-order valence-corrected chi connectivity index (χ4v) is 4.42. The van der Waals surface area contributed by atoms with Crippen molar-refractivity contribution in [1.29, 1.82) is 0 Å². The van der Waals surface area contributed by atoms with Gasteiger partial charge < -0.3 is 9.40 Å². The van der Waals surface area contributed by atoms with Crippen molar-refractivity contribution in [2.45, 2.75) is 36.5 Å². The van der Waals surface area contributed by atoms with Gasteiger partial charge in [-0.3, -0.25) is 0 Å². The van der Waals surface area contributed by atoms with Crippen molar-refractivity contribution in [3.8, 4) is 0 Å². The van der Waals surface area contributed by atoms with E-state index in [1.165, 1.54) is 26.4 Å². The number of nitrogens with zero attached hydrogens (tertiary/aromatic N) is 1. The fraction of sp³-hybridized carbons (Fsp3) is 0.160. The van der Waals surface area contributed by atoms with Gasteiger partial charge >= 0.3 is 0 Å². The molecule has 29 heavy (non-hydrogen) atoms. The predicted molar refractivity (Wildman–Crippen MR) is 122 cm³/mol. The zero-order valence-corrected chi connectivity index (χ0v) is 17.5. The van der Waals surface area contributed by atoms with Crippen LogP contribution in [0.3, 0.4) is 0 Å². The number of fused-ring (bicyclic) bond motifs is 2. The molecule has 5 aromatic rings. The number of aromatic nitrogens is 2. The van der Waals surface area contributed by atoms with Gasteiger partial charge in [-0.2, -0.15) is 0 Å². The van der Waals surface area contributed by atoms with E-state index in [0.29, 0.717) is 0 Å². The molecular weight excluding hydrogens is 376 g/mol. The Morgan fingerprint density at radius 3 is 2.38 bits per heavy atom. The zero-order chi connectivity index (χ0) is 20.1. The largest absolute Gasteiger partial charge is 0.441 e. The summed E-state index contributed by atoms with van der Waals surface area (Å²) in [7, 11) is 0. The quantitative estimate of drug-likeness (QED) is 0.337. The molecule has 0 saturated carbocycles. The van der Waals surface area contributed by atoms with Crippen LogP contribution in [0, 0.1) is 0 Å². The molecule has 3 aromatic carbocycles. The van der Waals surface area contributed by atoms with Gasteiger partial charge in [0.25, 0.3) is 0 Å². The lowest BCUT2D eigenvalue weighted by molar-refractivity contribution is 0.526. The van der Waals surface area contributed by atoms with Crippen LogP contribution in [-0.4, -0.2) is 9.97 Å². The maximum Gasteiger partial charge on any atom is 0.195 e. The SMILES string of the molecule is CC.c1ccc(Sc2c(CCc3nc4ccccc4o3)[nH]c3ccccc23)cc1. The van der Waals surface area contributed by atoms with Crippen molar-refractivity contribution in [2.24, 2.45) is 0 Å². The molecule has 5 rings (SSSR count). The van der Waals surface area contributed by atoms with Crippen LogP contribution in [0.1, 0.15) is 25.4 Å². The first-order valence-corrected chi connectivity index (χ1v) is 10.9. The summed E-state index contributed by atoms with van der Waals surface area (Å²) in [4.78, 5) is 10.7. The van der Waals surface area contributed by atoms with E-state index in [2.05, 4.69) is 58.5 Å². The highest BCUT2D eigenvalue weighted by molar-refractivity contribution is 7.99. The normalized spacial score (nSPS) is 10.8. The van der Waals surface area contributed by atoms with E-state index in [1.54, 1.807) is 0 Å². The molecule has 146 valence electrons. The van der Waals surface area contributed by atoms with Crippen LogP contribution in [0.4, 0.5) is 0 Å². The molecule has 2 heterocycles. The number of hydrogen-bond acceptors (Lipinski definition) is 3. The van der Waals surface area contributed by atoms with Gasteiger partial charge in [0.1, 0.15) is 5.52 Å². The van der Waals surface area contributed by atoms with E-state index >= 15 is 0 Å². The molecule has 0 bridgehead atoms. The Balaban J connectivity index is 0.000000994. The molecule has 0 fully saturated rings. The van der Waals surface area contributed by atoms with Gasteiger partial charge in [0, 0.05) is 32.8 Å². The molecule has 0 saturated heterocycles. The molecule has 3 nitrogen and oxygen atoms in total. The van der Waals surface area contributed by atoms with E-state index in [9.17, 15) is 0 Å². The molecule has 0 radical (unpaired) electrons. The van der Waals surface area contributed by atoms with Crippen molar-refractivity contribution in [1.82, 2.24) is 9.97 Å². The number of nitrogens with one attached hydrogen (secondary N) is 1. The molecule has 0 spiro atoms. The molecule has 4 heteroatoms. The average Bonchev–Trinajstić information content (AvgIpc) is 3.35. The van der Waals surface area contributed by atoms with E-state index in [1.807, 2.05) is 55.9 Å². The number of hydrogen-bond donors (Lipinski definition) is 1. The van der Waals surface area contributed by atoms with Crippen molar-refractivity contribution in [3.05, 3.63) is 90.4 Å². The fourth-order valence-electron chi connectivity index (χ4n) is 3.33. The second-order valence-corrected chi connectivity index (χ2v) is 7.55. The molecule has 0 atom stereocenters. The summed E-state index contributed by atoms with van der Waals surface area (Å²) in [5.74, 6) is 0.783. The first-order valence-electron chi connectivity index (χ1n) is 10.0. The van der Waals surface area contributed by atoms with Crippen molar-refractivity contribution in [2.75, 3.05) is 0 Å². The van der Waals surface area contributed by atoms with Gasteiger partial charge in [-0.1, -0.05) is 74.1 Å². The Kier molecular flexibility index (Phi) is 6.01. The smallest absolute Gasteiger partial charge is 0.195 e. The van der Waals surface area contributed by atoms with Crippen LogP contribution < -0.4 is 0 Å².